The van der Waals surface area contributed by atoms with Crippen molar-refractivity contribution in [3.63, 3.8) is 0 Å². The van der Waals surface area contributed by atoms with E-state index < -0.39 is 5.97 Å². The molecule has 0 spiro atoms. The molecule has 148 valence electrons. The summed E-state index contributed by atoms with van der Waals surface area (Å²) in [6.45, 7) is 3.93. The number of nitrogens with zero attached hydrogens (tertiary/aromatic N) is 2. The fraction of sp³-hybridized carbons (Fsp3) is 0.0833. The van der Waals surface area contributed by atoms with Gasteiger partial charge in [-0.05, 0) is 61.9 Å². The maximum atomic E-state index is 13.2. The van der Waals surface area contributed by atoms with E-state index in [0.717, 1.165) is 22.0 Å². The summed E-state index contributed by atoms with van der Waals surface area (Å²) >= 11 is 0. The quantitative estimate of drug-likeness (QED) is 0.513. The minimum atomic E-state index is -1.05. The van der Waals surface area contributed by atoms with E-state index in [1.54, 1.807) is 24.4 Å². The monoisotopic (exact) mass is 397 g/mol. The Labute approximate surface area is 173 Å². The molecular weight excluding hydrogens is 378 g/mol. The molecule has 2 heterocycles. The number of carboxylic acids is 1. The second-order valence-corrected chi connectivity index (χ2v) is 7.09. The predicted molar refractivity (Wildman–Crippen MR) is 116 cm³/mol. The molecule has 2 aromatic carbocycles. The van der Waals surface area contributed by atoms with Crippen LogP contribution in [0, 0.1) is 13.8 Å². The van der Waals surface area contributed by atoms with Crippen LogP contribution in [0.2, 0.25) is 0 Å². The first kappa shape index (κ1) is 19.3. The molecule has 0 saturated heterocycles. The molecule has 2 aromatic heterocycles. The van der Waals surface area contributed by atoms with Crippen molar-refractivity contribution in [2.45, 2.75) is 13.8 Å². The molecular formula is C24H19N3O3. The molecule has 6 nitrogen and oxygen atoms in total. The van der Waals surface area contributed by atoms with Crippen molar-refractivity contribution in [1.29, 1.82) is 0 Å². The largest absolute Gasteiger partial charge is 0.478 e. The zero-order chi connectivity index (χ0) is 21.3. The highest BCUT2D eigenvalue weighted by molar-refractivity contribution is 6.13. The van der Waals surface area contributed by atoms with Crippen LogP contribution in [0.15, 0.2) is 66.9 Å². The van der Waals surface area contributed by atoms with Crippen molar-refractivity contribution in [2.75, 3.05) is 5.32 Å². The summed E-state index contributed by atoms with van der Waals surface area (Å²) in [5.74, 6) is -1.39. The van der Waals surface area contributed by atoms with Crippen molar-refractivity contribution in [3.05, 3.63) is 89.1 Å². The summed E-state index contributed by atoms with van der Waals surface area (Å²) in [5, 5.41) is 12.7. The molecule has 0 unspecified atom stereocenters. The Morgan fingerprint density at radius 3 is 2.50 bits per heavy atom. The number of aromatic nitrogens is 2. The number of amides is 1. The lowest BCUT2D eigenvalue weighted by Crippen LogP contribution is -2.14. The van der Waals surface area contributed by atoms with E-state index in [0.29, 0.717) is 22.6 Å². The van der Waals surface area contributed by atoms with Gasteiger partial charge in [-0.25, -0.2) is 9.78 Å². The highest BCUT2D eigenvalue weighted by atomic mass is 16.4. The molecule has 0 atom stereocenters. The summed E-state index contributed by atoms with van der Waals surface area (Å²) in [5.41, 5.74) is 4.95. The van der Waals surface area contributed by atoms with Crippen LogP contribution < -0.4 is 5.32 Å². The topological polar surface area (TPSA) is 92.2 Å². The first-order valence-corrected chi connectivity index (χ1v) is 9.40. The highest BCUT2D eigenvalue weighted by Crippen LogP contribution is 2.28. The van der Waals surface area contributed by atoms with Crippen LogP contribution in [-0.2, 0) is 0 Å². The van der Waals surface area contributed by atoms with E-state index in [2.05, 4.69) is 10.3 Å². The van der Waals surface area contributed by atoms with Gasteiger partial charge in [0.25, 0.3) is 5.91 Å². The van der Waals surface area contributed by atoms with E-state index in [-0.39, 0.29) is 11.5 Å². The first-order valence-electron chi connectivity index (χ1n) is 9.40. The molecule has 0 aliphatic carbocycles. The standard InChI is InChI=1S/C24H19N3O3/c1-14-10-15(2)22-18(11-14)19(13-21(27-22)20-8-3-4-9-25-20)23(28)26-17-7-5-6-16(12-17)24(29)30/h3-13H,1-2H3,(H,26,28)(H,29,30). The Kier molecular flexibility index (Phi) is 4.98. The van der Waals surface area contributed by atoms with Gasteiger partial charge in [0.2, 0.25) is 0 Å². The Bertz CT molecular complexity index is 1280. The zero-order valence-corrected chi connectivity index (χ0v) is 16.5. The number of aryl methyl sites for hydroxylation is 2. The maximum Gasteiger partial charge on any atom is 0.335 e. The van der Waals surface area contributed by atoms with Crippen LogP contribution >= 0.6 is 0 Å². The number of pyridine rings is 2. The third-order valence-corrected chi connectivity index (χ3v) is 4.79. The molecule has 0 bridgehead atoms. The number of aromatic carboxylic acids is 1. The summed E-state index contributed by atoms with van der Waals surface area (Å²) in [7, 11) is 0. The molecule has 0 radical (unpaired) electrons. The third-order valence-electron chi connectivity index (χ3n) is 4.79. The molecule has 0 aliphatic rings. The van der Waals surface area contributed by atoms with Gasteiger partial charge in [0, 0.05) is 17.3 Å². The second kappa shape index (κ2) is 7.75. The summed E-state index contributed by atoms with van der Waals surface area (Å²) in [4.78, 5) is 33.6. The van der Waals surface area contributed by atoms with Crippen LogP contribution in [0.25, 0.3) is 22.3 Å². The van der Waals surface area contributed by atoms with Gasteiger partial charge in [-0.2, -0.15) is 0 Å². The minimum absolute atomic E-state index is 0.105. The van der Waals surface area contributed by atoms with Crippen LogP contribution in [0.5, 0.6) is 0 Å². The second-order valence-electron chi connectivity index (χ2n) is 7.09. The molecule has 4 aromatic rings. The average Bonchev–Trinajstić information content (AvgIpc) is 2.74. The minimum Gasteiger partial charge on any atom is -0.478 e. The Morgan fingerprint density at radius 1 is 0.933 bits per heavy atom. The van der Waals surface area contributed by atoms with Gasteiger partial charge in [0.05, 0.1) is 28.0 Å². The average molecular weight is 397 g/mol. The van der Waals surface area contributed by atoms with E-state index in [4.69, 9.17) is 4.98 Å². The van der Waals surface area contributed by atoms with Gasteiger partial charge in [0.15, 0.2) is 0 Å². The number of carbonyl (C=O) groups excluding carboxylic acids is 1. The number of carbonyl (C=O) groups is 2. The maximum absolute atomic E-state index is 13.2. The predicted octanol–water partition coefficient (Wildman–Crippen LogP) is 4.86. The number of fused-ring (bicyclic) bond motifs is 1. The SMILES string of the molecule is Cc1cc(C)c2nc(-c3ccccn3)cc(C(=O)Nc3cccc(C(=O)O)c3)c2c1. The molecule has 6 heteroatoms. The lowest BCUT2D eigenvalue weighted by molar-refractivity contribution is 0.0696. The molecule has 0 aliphatic heterocycles. The number of hydrogen-bond acceptors (Lipinski definition) is 4. The van der Waals surface area contributed by atoms with Crippen molar-refractivity contribution >= 4 is 28.5 Å². The van der Waals surface area contributed by atoms with Crippen LogP contribution in [0.1, 0.15) is 31.8 Å². The molecule has 4 rings (SSSR count). The molecule has 0 fully saturated rings. The molecule has 2 N–H and O–H groups in total. The van der Waals surface area contributed by atoms with Gasteiger partial charge in [-0.3, -0.25) is 9.78 Å². The molecule has 1 amide bonds. The number of carboxylic acid groups (broad SMARTS) is 1. The third kappa shape index (κ3) is 3.75. The highest BCUT2D eigenvalue weighted by Gasteiger charge is 2.17. The number of hydrogen-bond donors (Lipinski definition) is 2. The fourth-order valence-corrected chi connectivity index (χ4v) is 3.44. The van der Waals surface area contributed by atoms with Crippen molar-refractivity contribution in [2.24, 2.45) is 0 Å². The number of anilines is 1. The van der Waals surface area contributed by atoms with Gasteiger partial charge in [0.1, 0.15) is 0 Å². The normalized spacial score (nSPS) is 10.7. The van der Waals surface area contributed by atoms with Gasteiger partial charge >= 0.3 is 5.97 Å². The van der Waals surface area contributed by atoms with Crippen molar-refractivity contribution in [1.82, 2.24) is 9.97 Å². The van der Waals surface area contributed by atoms with Gasteiger partial charge in [-0.15, -0.1) is 0 Å². The number of benzene rings is 2. The first-order chi connectivity index (χ1) is 14.4. The lowest BCUT2D eigenvalue weighted by Gasteiger charge is -2.13. The molecule has 0 saturated carbocycles. The van der Waals surface area contributed by atoms with E-state index in [9.17, 15) is 14.7 Å². The number of rotatable bonds is 4. The van der Waals surface area contributed by atoms with Crippen molar-refractivity contribution < 1.29 is 14.7 Å². The number of nitrogens with one attached hydrogen (secondary N) is 1. The van der Waals surface area contributed by atoms with Crippen LogP contribution in [-0.4, -0.2) is 27.0 Å². The molecule has 30 heavy (non-hydrogen) atoms. The zero-order valence-electron chi connectivity index (χ0n) is 16.5. The lowest BCUT2D eigenvalue weighted by atomic mass is 10.00. The van der Waals surface area contributed by atoms with E-state index >= 15 is 0 Å². The van der Waals surface area contributed by atoms with E-state index in [1.807, 2.05) is 44.2 Å². The smallest absolute Gasteiger partial charge is 0.335 e. The van der Waals surface area contributed by atoms with Crippen molar-refractivity contribution in [3.8, 4) is 11.4 Å². The van der Waals surface area contributed by atoms with Crippen LogP contribution in [0.3, 0.4) is 0 Å². The van der Waals surface area contributed by atoms with Gasteiger partial charge < -0.3 is 10.4 Å². The van der Waals surface area contributed by atoms with Gasteiger partial charge in [-0.1, -0.05) is 23.8 Å². The summed E-state index contributed by atoms with van der Waals surface area (Å²) < 4.78 is 0. The Hall–Kier alpha value is -4.06. The Balaban J connectivity index is 1.85. The van der Waals surface area contributed by atoms with E-state index in [1.165, 1.54) is 12.1 Å². The Morgan fingerprint density at radius 2 is 1.77 bits per heavy atom. The summed E-state index contributed by atoms with van der Waals surface area (Å²) in [6, 6.07) is 17.4. The fourth-order valence-electron chi connectivity index (χ4n) is 3.44. The summed E-state index contributed by atoms with van der Waals surface area (Å²) in [6.07, 6.45) is 1.68. The van der Waals surface area contributed by atoms with Crippen LogP contribution in [0.4, 0.5) is 5.69 Å².